The third kappa shape index (κ3) is 4.92. The quantitative estimate of drug-likeness (QED) is 0.417. The molecule has 0 radical (unpaired) electrons. The van der Waals surface area contributed by atoms with Gasteiger partial charge < -0.3 is 14.2 Å². The lowest BCUT2D eigenvalue weighted by molar-refractivity contribution is -0.134. The molecule has 0 aliphatic rings. The van der Waals surface area contributed by atoms with E-state index in [2.05, 4.69) is 12.1 Å². The van der Waals surface area contributed by atoms with E-state index >= 15 is 0 Å². The lowest BCUT2D eigenvalue weighted by Crippen LogP contribution is -2.11. The predicted molar refractivity (Wildman–Crippen MR) is 109 cm³/mol. The molecule has 0 bridgehead atoms. The molecule has 0 spiro atoms. The molecule has 0 amide bonds. The summed E-state index contributed by atoms with van der Waals surface area (Å²) >= 11 is 0. The number of esters is 1. The monoisotopic (exact) mass is 376 g/mol. The number of methoxy groups -OCH3 is 2. The number of benzene rings is 3. The lowest BCUT2D eigenvalue weighted by Gasteiger charge is -2.13. The summed E-state index contributed by atoms with van der Waals surface area (Å²) in [4.78, 5) is 12.5. The van der Waals surface area contributed by atoms with Crippen LogP contribution < -0.4 is 14.2 Å². The summed E-state index contributed by atoms with van der Waals surface area (Å²) in [7, 11) is 3.19. The number of carbonyl (C=O) groups is 1. The molecule has 3 rings (SSSR count). The zero-order valence-electron chi connectivity index (χ0n) is 16.2. The van der Waals surface area contributed by atoms with Crippen LogP contribution in [-0.2, 0) is 17.6 Å². The van der Waals surface area contributed by atoms with Crippen molar-refractivity contribution in [2.24, 2.45) is 0 Å². The molecule has 0 aliphatic heterocycles. The summed E-state index contributed by atoms with van der Waals surface area (Å²) in [6, 6.07) is 23.4. The molecule has 0 unspecified atom stereocenters. The topological polar surface area (TPSA) is 44.8 Å². The molecule has 0 atom stereocenters. The molecule has 0 aliphatic carbocycles. The Morgan fingerprint density at radius 2 is 1.43 bits per heavy atom. The van der Waals surface area contributed by atoms with Crippen molar-refractivity contribution in [3.05, 3.63) is 89.5 Å². The molecule has 4 heteroatoms. The van der Waals surface area contributed by atoms with E-state index in [1.54, 1.807) is 14.2 Å². The second-order valence-electron chi connectivity index (χ2n) is 6.40. The summed E-state index contributed by atoms with van der Waals surface area (Å²) in [5.74, 6) is 1.64. The lowest BCUT2D eigenvalue weighted by atomic mass is 10.0. The summed E-state index contributed by atoms with van der Waals surface area (Å²) in [6.45, 7) is 0. The van der Waals surface area contributed by atoms with Gasteiger partial charge in [-0.3, -0.25) is 4.79 Å². The van der Waals surface area contributed by atoms with Crippen molar-refractivity contribution in [1.29, 1.82) is 0 Å². The van der Waals surface area contributed by atoms with Gasteiger partial charge in [0.25, 0.3) is 0 Å². The number of carbonyl (C=O) groups excluding carboxylic acids is 1. The van der Waals surface area contributed by atoms with Crippen molar-refractivity contribution in [3.8, 4) is 17.2 Å². The van der Waals surface area contributed by atoms with Crippen LogP contribution in [0.25, 0.3) is 0 Å². The Hall–Kier alpha value is -3.27. The summed E-state index contributed by atoms with van der Waals surface area (Å²) in [6.07, 6.45) is 1.48. The molecule has 28 heavy (non-hydrogen) atoms. The summed E-state index contributed by atoms with van der Waals surface area (Å²) in [5, 5.41) is 0. The number of para-hydroxylation sites is 2. The van der Waals surface area contributed by atoms with Gasteiger partial charge in [0, 0.05) is 6.42 Å². The van der Waals surface area contributed by atoms with Gasteiger partial charge in [-0.2, -0.15) is 0 Å². The summed E-state index contributed by atoms with van der Waals surface area (Å²) < 4.78 is 16.4. The molecule has 0 heterocycles. The molecule has 3 aromatic rings. The Morgan fingerprint density at radius 1 is 0.750 bits per heavy atom. The maximum Gasteiger partial charge on any atom is 0.311 e. The van der Waals surface area contributed by atoms with Gasteiger partial charge >= 0.3 is 5.97 Å². The third-order valence-corrected chi connectivity index (χ3v) is 4.52. The molecular weight excluding hydrogens is 352 g/mol. The molecule has 0 saturated heterocycles. The number of hydrogen-bond acceptors (Lipinski definition) is 4. The van der Waals surface area contributed by atoms with Gasteiger partial charge in [0.05, 0.1) is 20.6 Å². The zero-order valence-corrected chi connectivity index (χ0v) is 16.2. The minimum atomic E-state index is -0.273. The van der Waals surface area contributed by atoms with Crippen LogP contribution in [0.1, 0.15) is 23.1 Å². The van der Waals surface area contributed by atoms with Crippen molar-refractivity contribution >= 4 is 5.97 Å². The molecular formula is C24H24O4. The van der Waals surface area contributed by atoms with Gasteiger partial charge in [0.1, 0.15) is 5.75 Å². The van der Waals surface area contributed by atoms with Crippen LogP contribution in [0.15, 0.2) is 72.8 Å². The number of ether oxygens (including phenoxy) is 3. The smallest absolute Gasteiger partial charge is 0.311 e. The van der Waals surface area contributed by atoms with E-state index in [0.717, 1.165) is 11.1 Å². The molecule has 0 N–H and O–H groups in total. The molecule has 144 valence electrons. The van der Waals surface area contributed by atoms with Crippen molar-refractivity contribution in [2.75, 3.05) is 14.2 Å². The first-order chi connectivity index (χ1) is 13.7. The average Bonchev–Trinajstić information content (AvgIpc) is 2.74. The standard InChI is InChI=1S/C24H24O4/c1-26-22-14-8-12-19(24(22)27-2)15-16-23(25)28-21-13-7-6-11-20(21)17-18-9-4-3-5-10-18/h3-14H,15-17H2,1-2H3. The second-order valence-corrected chi connectivity index (χ2v) is 6.40. The van der Waals surface area contributed by atoms with Crippen LogP contribution in [0.3, 0.4) is 0 Å². The highest BCUT2D eigenvalue weighted by Crippen LogP contribution is 2.31. The maximum absolute atomic E-state index is 12.5. The second kappa shape index (κ2) is 9.60. The van der Waals surface area contributed by atoms with Gasteiger partial charge in [-0.25, -0.2) is 0 Å². The van der Waals surface area contributed by atoms with Gasteiger partial charge in [-0.1, -0.05) is 60.7 Å². The van der Waals surface area contributed by atoms with Crippen molar-refractivity contribution in [1.82, 2.24) is 0 Å². The Bertz CT molecular complexity index is 919. The van der Waals surface area contributed by atoms with E-state index < -0.39 is 0 Å². The minimum absolute atomic E-state index is 0.253. The number of rotatable bonds is 8. The van der Waals surface area contributed by atoms with Crippen LogP contribution in [-0.4, -0.2) is 20.2 Å². The van der Waals surface area contributed by atoms with E-state index in [1.807, 2.05) is 60.7 Å². The summed E-state index contributed by atoms with van der Waals surface area (Å²) in [5.41, 5.74) is 3.07. The first-order valence-corrected chi connectivity index (χ1v) is 9.23. The van der Waals surface area contributed by atoms with E-state index in [4.69, 9.17) is 14.2 Å². The third-order valence-electron chi connectivity index (χ3n) is 4.52. The Balaban J connectivity index is 1.66. The van der Waals surface area contributed by atoms with E-state index in [-0.39, 0.29) is 12.4 Å². The van der Waals surface area contributed by atoms with Gasteiger partial charge in [0.15, 0.2) is 11.5 Å². The maximum atomic E-state index is 12.5. The van der Waals surface area contributed by atoms with Crippen molar-refractivity contribution in [2.45, 2.75) is 19.3 Å². The number of aryl methyl sites for hydroxylation is 1. The van der Waals surface area contributed by atoms with Crippen LogP contribution in [0.4, 0.5) is 0 Å². The normalized spacial score (nSPS) is 10.4. The SMILES string of the molecule is COc1cccc(CCC(=O)Oc2ccccc2Cc2ccccc2)c1OC. The highest BCUT2D eigenvalue weighted by molar-refractivity contribution is 5.73. The first kappa shape index (κ1) is 19.5. The van der Waals surface area contributed by atoms with Gasteiger partial charge in [0.2, 0.25) is 0 Å². The van der Waals surface area contributed by atoms with Crippen LogP contribution in [0.2, 0.25) is 0 Å². The highest BCUT2D eigenvalue weighted by atomic mass is 16.5. The average molecular weight is 376 g/mol. The van der Waals surface area contributed by atoms with E-state index in [0.29, 0.717) is 30.1 Å². The van der Waals surface area contributed by atoms with Gasteiger partial charge in [-0.05, 0) is 35.2 Å². The Morgan fingerprint density at radius 3 is 2.18 bits per heavy atom. The van der Waals surface area contributed by atoms with Crippen molar-refractivity contribution < 1.29 is 19.0 Å². The zero-order chi connectivity index (χ0) is 19.8. The molecule has 0 fully saturated rings. The Labute approximate surface area is 165 Å². The number of hydrogen-bond donors (Lipinski definition) is 0. The van der Waals surface area contributed by atoms with Crippen LogP contribution in [0.5, 0.6) is 17.2 Å². The highest BCUT2D eigenvalue weighted by Gasteiger charge is 2.13. The first-order valence-electron chi connectivity index (χ1n) is 9.23. The van der Waals surface area contributed by atoms with Gasteiger partial charge in [-0.15, -0.1) is 0 Å². The van der Waals surface area contributed by atoms with E-state index in [1.165, 1.54) is 5.56 Å². The predicted octanol–water partition coefficient (Wildman–Crippen LogP) is 4.83. The fourth-order valence-corrected chi connectivity index (χ4v) is 3.13. The fourth-order valence-electron chi connectivity index (χ4n) is 3.13. The molecule has 3 aromatic carbocycles. The fraction of sp³-hybridized carbons (Fsp3) is 0.208. The minimum Gasteiger partial charge on any atom is -0.493 e. The molecule has 0 aromatic heterocycles. The molecule has 4 nitrogen and oxygen atoms in total. The largest absolute Gasteiger partial charge is 0.493 e. The Kier molecular flexibility index (Phi) is 6.68. The van der Waals surface area contributed by atoms with E-state index in [9.17, 15) is 4.79 Å². The van der Waals surface area contributed by atoms with Crippen molar-refractivity contribution in [3.63, 3.8) is 0 Å². The van der Waals surface area contributed by atoms with Crippen LogP contribution >= 0.6 is 0 Å². The van der Waals surface area contributed by atoms with Crippen LogP contribution in [0, 0.1) is 0 Å². The molecule has 0 saturated carbocycles.